The van der Waals surface area contributed by atoms with Gasteiger partial charge in [0.15, 0.2) is 5.65 Å². The highest BCUT2D eigenvalue weighted by atomic mass is 16.5. The van der Waals surface area contributed by atoms with E-state index in [1.165, 1.54) is 0 Å². The number of rotatable bonds is 7. The molecule has 0 aromatic carbocycles. The number of hydrogen-bond acceptors (Lipinski definition) is 6. The van der Waals surface area contributed by atoms with Crippen molar-refractivity contribution in [2.45, 2.75) is 64.8 Å². The first-order valence-electron chi connectivity index (χ1n) is 10.2. The standard InChI is InChI=1S/C21H30N4O4/c1-6-29-20(27)21(11-7-8-12-21)23-16(26)10-9-15-13(2)17-18(22-14(15)3)25(4)24-19(17)28-5/h6-12H2,1-5H3,(H,23,26). The zero-order valence-electron chi connectivity index (χ0n) is 17.9. The lowest BCUT2D eigenvalue weighted by Gasteiger charge is -2.27. The Labute approximate surface area is 171 Å². The van der Waals surface area contributed by atoms with Crippen molar-refractivity contribution < 1.29 is 19.1 Å². The van der Waals surface area contributed by atoms with Gasteiger partial charge in [0.2, 0.25) is 11.8 Å². The second kappa shape index (κ2) is 8.39. The Bertz CT molecular complexity index is 929. The number of ether oxygens (including phenoxy) is 2. The van der Waals surface area contributed by atoms with E-state index in [0.29, 0.717) is 31.7 Å². The van der Waals surface area contributed by atoms with Gasteiger partial charge in [-0.05, 0) is 51.2 Å². The Hall–Kier alpha value is -2.64. The number of aromatic nitrogens is 3. The second-order valence-corrected chi connectivity index (χ2v) is 7.69. The van der Waals surface area contributed by atoms with Crippen LogP contribution in [-0.2, 0) is 27.8 Å². The molecule has 2 heterocycles. The molecule has 1 fully saturated rings. The average Bonchev–Trinajstić information content (AvgIpc) is 3.27. The van der Waals surface area contributed by atoms with E-state index >= 15 is 0 Å². The van der Waals surface area contributed by atoms with Gasteiger partial charge in [0, 0.05) is 19.2 Å². The Balaban J connectivity index is 1.78. The molecule has 1 aliphatic rings. The van der Waals surface area contributed by atoms with Gasteiger partial charge >= 0.3 is 5.97 Å². The van der Waals surface area contributed by atoms with E-state index in [0.717, 1.165) is 40.7 Å². The van der Waals surface area contributed by atoms with Gasteiger partial charge < -0.3 is 14.8 Å². The maximum absolute atomic E-state index is 12.7. The van der Waals surface area contributed by atoms with Crippen LogP contribution < -0.4 is 10.1 Å². The number of carbonyl (C=O) groups excluding carboxylic acids is 2. The number of carbonyl (C=O) groups is 2. The van der Waals surface area contributed by atoms with Gasteiger partial charge in [-0.2, -0.15) is 0 Å². The van der Waals surface area contributed by atoms with Gasteiger partial charge in [-0.3, -0.25) is 4.79 Å². The maximum Gasteiger partial charge on any atom is 0.331 e. The Morgan fingerprint density at radius 1 is 1.24 bits per heavy atom. The molecule has 1 saturated carbocycles. The van der Waals surface area contributed by atoms with Crippen LogP contribution in [0.1, 0.15) is 55.8 Å². The van der Waals surface area contributed by atoms with Crippen LogP contribution in [0.15, 0.2) is 0 Å². The summed E-state index contributed by atoms with van der Waals surface area (Å²) in [4.78, 5) is 29.8. The number of methoxy groups -OCH3 is 1. The lowest BCUT2D eigenvalue weighted by molar-refractivity contribution is -0.153. The topological polar surface area (TPSA) is 95.3 Å². The molecule has 3 rings (SSSR count). The lowest BCUT2D eigenvalue weighted by atomic mass is 9.96. The monoisotopic (exact) mass is 402 g/mol. The molecule has 2 aromatic heterocycles. The molecular formula is C21H30N4O4. The Morgan fingerprint density at radius 3 is 2.55 bits per heavy atom. The number of pyridine rings is 1. The first-order valence-corrected chi connectivity index (χ1v) is 10.2. The minimum atomic E-state index is -0.869. The van der Waals surface area contributed by atoms with E-state index < -0.39 is 5.54 Å². The molecule has 8 heteroatoms. The largest absolute Gasteiger partial charge is 0.479 e. The molecule has 1 amide bonds. The maximum atomic E-state index is 12.7. The van der Waals surface area contributed by atoms with Crippen molar-refractivity contribution in [1.29, 1.82) is 0 Å². The molecule has 158 valence electrons. The van der Waals surface area contributed by atoms with Crippen molar-refractivity contribution in [2.75, 3.05) is 13.7 Å². The third-order valence-corrected chi connectivity index (χ3v) is 5.82. The Kier molecular flexibility index (Phi) is 6.10. The number of nitrogens with zero attached hydrogens (tertiary/aromatic N) is 3. The van der Waals surface area contributed by atoms with Crippen LogP contribution in [0.5, 0.6) is 5.88 Å². The summed E-state index contributed by atoms with van der Waals surface area (Å²) >= 11 is 0. The van der Waals surface area contributed by atoms with E-state index in [2.05, 4.69) is 15.4 Å². The molecule has 2 aromatic rings. The molecule has 0 aliphatic heterocycles. The van der Waals surface area contributed by atoms with Crippen LogP contribution in [0.4, 0.5) is 0 Å². The van der Waals surface area contributed by atoms with Gasteiger partial charge in [-0.15, -0.1) is 5.10 Å². The van der Waals surface area contributed by atoms with Gasteiger partial charge in [0.05, 0.1) is 19.1 Å². The Morgan fingerprint density at radius 2 is 1.93 bits per heavy atom. The van der Waals surface area contributed by atoms with Crippen molar-refractivity contribution in [1.82, 2.24) is 20.1 Å². The molecule has 0 unspecified atom stereocenters. The summed E-state index contributed by atoms with van der Waals surface area (Å²) in [5.41, 5.74) is 2.79. The summed E-state index contributed by atoms with van der Waals surface area (Å²) in [6.45, 7) is 6.04. The van der Waals surface area contributed by atoms with Crippen molar-refractivity contribution in [3.05, 3.63) is 16.8 Å². The number of fused-ring (bicyclic) bond motifs is 1. The number of nitrogens with one attached hydrogen (secondary N) is 1. The SMILES string of the molecule is CCOC(=O)C1(NC(=O)CCc2c(C)nc3c(c(OC)nn3C)c2C)CCCC1. The third-order valence-electron chi connectivity index (χ3n) is 5.82. The van der Waals surface area contributed by atoms with E-state index in [-0.39, 0.29) is 18.3 Å². The highest BCUT2D eigenvalue weighted by Crippen LogP contribution is 2.32. The first-order chi connectivity index (χ1) is 13.8. The van der Waals surface area contributed by atoms with E-state index in [9.17, 15) is 9.59 Å². The summed E-state index contributed by atoms with van der Waals surface area (Å²) in [5, 5.41) is 8.21. The van der Waals surface area contributed by atoms with Gasteiger partial charge in [0.25, 0.3) is 0 Å². The first kappa shape index (κ1) is 21.1. The molecule has 0 spiro atoms. The van der Waals surface area contributed by atoms with Gasteiger partial charge in [0.1, 0.15) is 5.54 Å². The highest BCUT2D eigenvalue weighted by Gasteiger charge is 2.43. The molecule has 1 aliphatic carbocycles. The summed E-state index contributed by atoms with van der Waals surface area (Å²) in [6, 6.07) is 0. The second-order valence-electron chi connectivity index (χ2n) is 7.69. The smallest absolute Gasteiger partial charge is 0.331 e. The zero-order valence-corrected chi connectivity index (χ0v) is 17.9. The highest BCUT2D eigenvalue weighted by molar-refractivity contribution is 5.89. The molecule has 0 atom stereocenters. The minimum Gasteiger partial charge on any atom is -0.479 e. The quantitative estimate of drug-likeness (QED) is 0.715. The molecule has 1 N–H and O–H groups in total. The van der Waals surface area contributed by atoms with Crippen LogP contribution >= 0.6 is 0 Å². The van der Waals surface area contributed by atoms with Gasteiger partial charge in [-0.1, -0.05) is 12.8 Å². The molecule has 0 saturated heterocycles. The van der Waals surface area contributed by atoms with E-state index in [1.54, 1.807) is 18.7 Å². The summed E-state index contributed by atoms with van der Waals surface area (Å²) in [7, 11) is 3.42. The van der Waals surface area contributed by atoms with Crippen LogP contribution in [0.25, 0.3) is 11.0 Å². The lowest BCUT2D eigenvalue weighted by Crippen LogP contribution is -2.53. The third kappa shape index (κ3) is 3.93. The predicted octanol–water partition coefficient (Wildman–Crippen LogP) is 2.52. The van der Waals surface area contributed by atoms with Crippen LogP contribution in [-0.4, -0.2) is 45.9 Å². The summed E-state index contributed by atoms with van der Waals surface area (Å²) in [6.07, 6.45) is 3.91. The van der Waals surface area contributed by atoms with Crippen molar-refractivity contribution >= 4 is 22.9 Å². The number of esters is 1. The number of aryl methyl sites for hydroxylation is 3. The normalized spacial score (nSPS) is 15.5. The van der Waals surface area contributed by atoms with Crippen LogP contribution in [0, 0.1) is 13.8 Å². The van der Waals surface area contributed by atoms with Crippen LogP contribution in [0.2, 0.25) is 0 Å². The predicted molar refractivity (Wildman–Crippen MR) is 109 cm³/mol. The van der Waals surface area contributed by atoms with E-state index in [4.69, 9.17) is 9.47 Å². The van der Waals surface area contributed by atoms with E-state index in [1.807, 2.05) is 20.9 Å². The van der Waals surface area contributed by atoms with Crippen LogP contribution in [0.3, 0.4) is 0 Å². The van der Waals surface area contributed by atoms with Crippen molar-refractivity contribution in [3.8, 4) is 5.88 Å². The molecule has 8 nitrogen and oxygen atoms in total. The fourth-order valence-electron chi connectivity index (χ4n) is 4.30. The number of amides is 1. The fourth-order valence-corrected chi connectivity index (χ4v) is 4.30. The molecule has 0 bridgehead atoms. The fraction of sp³-hybridized carbons (Fsp3) is 0.619. The zero-order chi connectivity index (χ0) is 21.2. The molecule has 0 radical (unpaired) electrons. The molecule has 29 heavy (non-hydrogen) atoms. The summed E-state index contributed by atoms with van der Waals surface area (Å²) < 4.78 is 12.3. The number of hydrogen-bond donors (Lipinski definition) is 1. The van der Waals surface area contributed by atoms with Gasteiger partial charge in [-0.25, -0.2) is 14.5 Å². The van der Waals surface area contributed by atoms with Crippen molar-refractivity contribution in [3.63, 3.8) is 0 Å². The van der Waals surface area contributed by atoms with Crippen molar-refractivity contribution in [2.24, 2.45) is 7.05 Å². The summed E-state index contributed by atoms with van der Waals surface area (Å²) in [5.74, 6) is 0.0730. The molecular weight excluding hydrogens is 372 g/mol. The average molecular weight is 402 g/mol. The minimum absolute atomic E-state index is 0.142.